The maximum atomic E-state index is 12.3. The fourth-order valence-corrected chi connectivity index (χ4v) is 2.26. The summed E-state index contributed by atoms with van der Waals surface area (Å²) < 4.78 is 11.0. The number of benzene rings is 1. The molecule has 6 nitrogen and oxygen atoms in total. The van der Waals surface area contributed by atoms with E-state index < -0.39 is 5.97 Å². The first kappa shape index (κ1) is 16.5. The van der Waals surface area contributed by atoms with Gasteiger partial charge in [0.05, 0.1) is 26.2 Å². The molecule has 1 aromatic rings. The number of aliphatic carboxylic acids is 1. The van der Waals surface area contributed by atoms with Gasteiger partial charge in [0.1, 0.15) is 0 Å². The van der Waals surface area contributed by atoms with E-state index in [1.165, 1.54) is 19.1 Å². The summed E-state index contributed by atoms with van der Waals surface area (Å²) >= 11 is 2.03. The molecular formula is C13H16INO5. The number of halogens is 1. The molecule has 20 heavy (non-hydrogen) atoms. The van der Waals surface area contributed by atoms with E-state index >= 15 is 0 Å². The zero-order valence-corrected chi connectivity index (χ0v) is 13.6. The largest absolute Gasteiger partial charge is 0.493 e. The van der Waals surface area contributed by atoms with Crippen molar-refractivity contribution in [2.75, 3.05) is 27.8 Å². The third kappa shape index (κ3) is 3.99. The van der Waals surface area contributed by atoms with Crippen LogP contribution in [-0.4, -0.2) is 49.7 Å². The smallest absolute Gasteiger partial charge is 0.305 e. The fraction of sp³-hybridized carbons (Fsp3) is 0.385. The zero-order valence-electron chi connectivity index (χ0n) is 11.5. The van der Waals surface area contributed by atoms with Crippen LogP contribution in [0.1, 0.15) is 16.8 Å². The number of amides is 1. The molecule has 1 aromatic carbocycles. The Morgan fingerprint density at radius 1 is 1.25 bits per heavy atom. The van der Waals surface area contributed by atoms with Crippen LogP contribution < -0.4 is 9.47 Å². The van der Waals surface area contributed by atoms with Gasteiger partial charge in [-0.05, 0) is 34.7 Å². The molecule has 0 heterocycles. The predicted molar refractivity (Wildman–Crippen MR) is 81.5 cm³/mol. The van der Waals surface area contributed by atoms with Gasteiger partial charge < -0.3 is 19.5 Å². The molecule has 1 amide bonds. The highest BCUT2D eigenvalue weighted by Gasteiger charge is 2.19. The number of ether oxygens (including phenoxy) is 2. The van der Waals surface area contributed by atoms with Crippen molar-refractivity contribution in [3.8, 4) is 11.5 Å². The van der Waals surface area contributed by atoms with Crippen molar-refractivity contribution in [2.45, 2.75) is 6.42 Å². The minimum absolute atomic E-state index is 0.0912. The van der Waals surface area contributed by atoms with Gasteiger partial charge in [0.2, 0.25) is 0 Å². The number of methoxy groups -OCH3 is 2. The first-order valence-corrected chi connectivity index (χ1v) is 6.87. The van der Waals surface area contributed by atoms with Crippen LogP contribution in [-0.2, 0) is 4.79 Å². The summed E-state index contributed by atoms with van der Waals surface area (Å²) in [6.07, 6.45) is -0.0912. The number of rotatable bonds is 6. The minimum atomic E-state index is -0.938. The molecule has 0 saturated carbocycles. The molecule has 0 aliphatic rings. The van der Waals surface area contributed by atoms with Crippen LogP contribution in [0, 0.1) is 3.57 Å². The van der Waals surface area contributed by atoms with E-state index in [2.05, 4.69) is 0 Å². The number of carboxylic acids is 1. The summed E-state index contributed by atoms with van der Waals surface area (Å²) in [7, 11) is 4.58. The lowest BCUT2D eigenvalue weighted by Gasteiger charge is -2.18. The molecule has 0 aliphatic heterocycles. The van der Waals surface area contributed by atoms with Gasteiger partial charge in [0, 0.05) is 17.2 Å². The topological polar surface area (TPSA) is 76.1 Å². The van der Waals surface area contributed by atoms with Crippen LogP contribution in [0.25, 0.3) is 0 Å². The molecule has 0 atom stereocenters. The van der Waals surface area contributed by atoms with Gasteiger partial charge in [-0.15, -0.1) is 0 Å². The number of hydrogen-bond acceptors (Lipinski definition) is 4. The Bertz CT molecular complexity index is 518. The van der Waals surface area contributed by atoms with Gasteiger partial charge in [0.25, 0.3) is 5.91 Å². The number of hydrogen-bond donors (Lipinski definition) is 1. The van der Waals surface area contributed by atoms with Crippen molar-refractivity contribution >= 4 is 34.5 Å². The average molecular weight is 393 g/mol. The minimum Gasteiger partial charge on any atom is -0.493 e. The van der Waals surface area contributed by atoms with Gasteiger partial charge in [-0.3, -0.25) is 9.59 Å². The van der Waals surface area contributed by atoms with Crippen molar-refractivity contribution < 1.29 is 24.2 Å². The molecule has 0 aliphatic carbocycles. The van der Waals surface area contributed by atoms with E-state index in [4.69, 9.17) is 14.6 Å². The highest BCUT2D eigenvalue weighted by atomic mass is 127. The molecule has 0 fully saturated rings. The molecule has 0 spiro atoms. The molecule has 0 unspecified atom stereocenters. The van der Waals surface area contributed by atoms with Crippen LogP contribution in [0.2, 0.25) is 0 Å². The Balaban J connectivity index is 3.00. The highest BCUT2D eigenvalue weighted by molar-refractivity contribution is 14.1. The fourth-order valence-electron chi connectivity index (χ4n) is 1.59. The molecule has 0 aromatic heterocycles. The van der Waals surface area contributed by atoms with Crippen molar-refractivity contribution in [3.05, 3.63) is 21.3 Å². The predicted octanol–water partition coefficient (Wildman–Crippen LogP) is 1.86. The number of carbonyl (C=O) groups is 2. The van der Waals surface area contributed by atoms with Crippen molar-refractivity contribution in [3.63, 3.8) is 0 Å². The highest BCUT2D eigenvalue weighted by Crippen LogP contribution is 2.31. The van der Waals surface area contributed by atoms with E-state index in [0.717, 1.165) is 0 Å². The molecule has 7 heteroatoms. The summed E-state index contributed by atoms with van der Waals surface area (Å²) in [5, 5.41) is 8.64. The van der Waals surface area contributed by atoms with Crippen LogP contribution in [0.3, 0.4) is 0 Å². The quantitative estimate of drug-likeness (QED) is 0.747. The second kappa shape index (κ2) is 7.32. The van der Waals surface area contributed by atoms with Crippen molar-refractivity contribution in [2.24, 2.45) is 0 Å². The second-order valence-electron chi connectivity index (χ2n) is 4.06. The standard InChI is InChI=1S/C13H16INO5/c1-15(5-4-12(16)17)13(18)8-6-10(19-2)11(20-3)7-9(8)14/h6-7H,4-5H2,1-3H3,(H,16,17). The van der Waals surface area contributed by atoms with Crippen LogP contribution >= 0.6 is 22.6 Å². The summed E-state index contributed by atoms with van der Waals surface area (Å²) in [4.78, 5) is 24.2. The van der Waals surface area contributed by atoms with E-state index in [1.807, 2.05) is 22.6 Å². The molecule has 1 N–H and O–H groups in total. The van der Waals surface area contributed by atoms with Crippen LogP contribution in [0.4, 0.5) is 0 Å². The lowest BCUT2D eigenvalue weighted by molar-refractivity contribution is -0.137. The van der Waals surface area contributed by atoms with E-state index in [9.17, 15) is 9.59 Å². The van der Waals surface area contributed by atoms with Gasteiger partial charge in [-0.25, -0.2) is 0 Å². The molecule has 0 radical (unpaired) electrons. The normalized spacial score (nSPS) is 10.0. The molecule has 0 bridgehead atoms. The maximum absolute atomic E-state index is 12.3. The van der Waals surface area contributed by atoms with Crippen LogP contribution in [0.15, 0.2) is 12.1 Å². The third-order valence-electron chi connectivity index (χ3n) is 2.71. The zero-order chi connectivity index (χ0) is 15.3. The van der Waals surface area contributed by atoms with E-state index in [-0.39, 0.29) is 18.9 Å². The van der Waals surface area contributed by atoms with Crippen molar-refractivity contribution in [1.82, 2.24) is 4.90 Å². The van der Waals surface area contributed by atoms with E-state index in [1.54, 1.807) is 19.2 Å². The summed E-state index contributed by atoms with van der Waals surface area (Å²) in [6.45, 7) is 0.151. The number of carbonyl (C=O) groups excluding carboxylic acids is 1. The molecule has 1 rings (SSSR count). The lowest BCUT2D eigenvalue weighted by Crippen LogP contribution is -2.29. The Hall–Kier alpha value is -1.51. The summed E-state index contributed by atoms with van der Waals surface area (Å²) in [5.74, 6) is -0.187. The monoisotopic (exact) mass is 393 g/mol. The Kier molecular flexibility index (Phi) is 6.05. The van der Waals surface area contributed by atoms with Crippen molar-refractivity contribution in [1.29, 1.82) is 0 Å². The van der Waals surface area contributed by atoms with Gasteiger partial charge >= 0.3 is 5.97 Å². The molecule has 110 valence electrons. The number of nitrogens with zero attached hydrogens (tertiary/aromatic N) is 1. The first-order chi connectivity index (χ1) is 9.40. The Morgan fingerprint density at radius 2 is 1.80 bits per heavy atom. The molecular weight excluding hydrogens is 377 g/mol. The van der Waals surface area contributed by atoms with Crippen LogP contribution in [0.5, 0.6) is 11.5 Å². The SMILES string of the molecule is COc1cc(I)c(C(=O)N(C)CCC(=O)O)cc1OC. The lowest BCUT2D eigenvalue weighted by atomic mass is 10.1. The first-order valence-electron chi connectivity index (χ1n) is 5.79. The summed E-state index contributed by atoms with van der Waals surface area (Å²) in [5.41, 5.74) is 0.455. The second-order valence-corrected chi connectivity index (χ2v) is 5.22. The Morgan fingerprint density at radius 3 is 2.30 bits per heavy atom. The Labute approximate surface area is 130 Å². The molecule has 0 saturated heterocycles. The van der Waals surface area contributed by atoms with Gasteiger partial charge in [0.15, 0.2) is 11.5 Å². The number of carboxylic acid groups (broad SMARTS) is 1. The van der Waals surface area contributed by atoms with E-state index in [0.29, 0.717) is 20.6 Å². The maximum Gasteiger partial charge on any atom is 0.305 e. The average Bonchev–Trinajstić information content (AvgIpc) is 2.43. The summed E-state index contributed by atoms with van der Waals surface area (Å²) in [6, 6.07) is 3.30. The third-order valence-corrected chi connectivity index (χ3v) is 3.60. The van der Waals surface area contributed by atoms with Gasteiger partial charge in [-0.2, -0.15) is 0 Å². The van der Waals surface area contributed by atoms with Gasteiger partial charge in [-0.1, -0.05) is 0 Å².